The first-order valence-electron chi connectivity index (χ1n) is 11.6. The maximum atomic E-state index is 13.6. The van der Waals surface area contributed by atoms with Gasteiger partial charge in [-0.25, -0.2) is 0 Å². The van der Waals surface area contributed by atoms with Crippen molar-refractivity contribution in [3.8, 4) is 11.1 Å². The maximum absolute atomic E-state index is 13.6. The summed E-state index contributed by atoms with van der Waals surface area (Å²) < 4.78 is 3.55. The minimum Gasteiger partial charge on any atom is -0.345 e. The van der Waals surface area contributed by atoms with Crippen LogP contribution in [0.4, 0.5) is 5.95 Å². The molecule has 5 heterocycles. The lowest BCUT2D eigenvalue weighted by Crippen LogP contribution is -2.55. The van der Waals surface area contributed by atoms with Gasteiger partial charge in [0.25, 0.3) is 5.56 Å². The van der Waals surface area contributed by atoms with E-state index in [4.69, 9.17) is 22.3 Å². The Morgan fingerprint density at radius 2 is 1.97 bits per heavy atom. The maximum Gasteiger partial charge on any atom is 0.264 e. The summed E-state index contributed by atoms with van der Waals surface area (Å²) in [5.41, 5.74) is 9.24. The minimum absolute atomic E-state index is 0.0767. The van der Waals surface area contributed by atoms with Crippen molar-refractivity contribution < 1.29 is 0 Å². The number of nitrogens with one attached hydrogen (secondary N) is 1. The number of rotatable bonds is 3. The highest BCUT2D eigenvalue weighted by Crippen LogP contribution is 2.42. The number of H-pyrrole nitrogens is 1. The molecule has 2 bridgehead atoms. The molecular formula is C24H28ClN7O. The van der Waals surface area contributed by atoms with Gasteiger partial charge in [-0.05, 0) is 45.6 Å². The number of anilines is 1. The lowest BCUT2D eigenvalue weighted by atomic mass is 9.86. The van der Waals surface area contributed by atoms with Gasteiger partial charge >= 0.3 is 0 Å². The van der Waals surface area contributed by atoms with Crippen LogP contribution < -0.4 is 16.2 Å². The summed E-state index contributed by atoms with van der Waals surface area (Å²) in [5, 5.41) is 6.56. The Morgan fingerprint density at radius 1 is 1.24 bits per heavy atom. The van der Waals surface area contributed by atoms with Crippen LogP contribution in [0.5, 0.6) is 0 Å². The third kappa shape index (κ3) is 3.04. The van der Waals surface area contributed by atoms with E-state index in [0.29, 0.717) is 28.1 Å². The summed E-state index contributed by atoms with van der Waals surface area (Å²) in [4.78, 5) is 24.1. The molecule has 0 amide bonds. The molecule has 0 radical (unpaired) electrons. The van der Waals surface area contributed by atoms with Crippen molar-refractivity contribution in [2.24, 2.45) is 12.8 Å². The molecule has 8 nitrogen and oxygen atoms in total. The van der Waals surface area contributed by atoms with E-state index in [0.717, 1.165) is 60.2 Å². The van der Waals surface area contributed by atoms with Gasteiger partial charge in [0.05, 0.1) is 15.9 Å². The van der Waals surface area contributed by atoms with Gasteiger partial charge in [0.15, 0.2) is 0 Å². The number of aryl methyl sites for hydroxylation is 1. The third-order valence-electron chi connectivity index (χ3n) is 7.43. The summed E-state index contributed by atoms with van der Waals surface area (Å²) in [6, 6.07) is 4.51. The lowest BCUT2D eigenvalue weighted by Gasteiger charge is -2.43. The smallest absolute Gasteiger partial charge is 0.264 e. The van der Waals surface area contributed by atoms with Gasteiger partial charge in [-0.3, -0.25) is 14.0 Å². The number of hydrogen-bond donors (Lipinski definition) is 2. The Bertz CT molecular complexity index is 1450. The molecule has 2 aliphatic rings. The Labute approximate surface area is 196 Å². The predicted molar refractivity (Wildman–Crippen MR) is 132 cm³/mol. The minimum atomic E-state index is -0.161. The Kier molecular flexibility index (Phi) is 4.45. The quantitative estimate of drug-likeness (QED) is 0.479. The third-order valence-corrected chi connectivity index (χ3v) is 7.84. The number of fused-ring (bicyclic) bond motifs is 4. The second-order valence-electron chi connectivity index (χ2n) is 9.90. The van der Waals surface area contributed by atoms with Gasteiger partial charge in [-0.2, -0.15) is 10.1 Å². The average Bonchev–Trinajstić information content (AvgIpc) is 3.45. The molecule has 33 heavy (non-hydrogen) atoms. The first-order chi connectivity index (χ1) is 15.8. The zero-order valence-electron chi connectivity index (χ0n) is 19.1. The molecule has 2 aliphatic heterocycles. The molecule has 2 saturated heterocycles. The van der Waals surface area contributed by atoms with E-state index in [1.54, 1.807) is 4.57 Å². The number of hydrogen-bond acceptors (Lipinski definition) is 5. The van der Waals surface area contributed by atoms with Gasteiger partial charge in [-0.1, -0.05) is 17.7 Å². The fourth-order valence-corrected chi connectivity index (χ4v) is 6.23. The monoisotopic (exact) mass is 465 g/mol. The van der Waals surface area contributed by atoms with Crippen LogP contribution in [0.1, 0.15) is 39.5 Å². The highest BCUT2D eigenvalue weighted by atomic mass is 35.5. The lowest BCUT2D eigenvalue weighted by molar-refractivity contribution is 0.302. The van der Waals surface area contributed by atoms with Gasteiger partial charge in [0, 0.05) is 60.1 Å². The van der Waals surface area contributed by atoms with Gasteiger partial charge < -0.3 is 15.6 Å². The van der Waals surface area contributed by atoms with E-state index >= 15 is 0 Å². The number of nitrogens with two attached hydrogens (primary N) is 1. The zero-order chi connectivity index (χ0) is 23.1. The van der Waals surface area contributed by atoms with Crippen LogP contribution in [0, 0.1) is 0 Å². The highest BCUT2D eigenvalue weighted by molar-refractivity contribution is 6.38. The second kappa shape index (κ2) is 7.08. The van der Waals surface area contributed by atoms with Crippen LogP contribution in [0.2, 0.25) is 5.02 Å². The molecule has 172 valence electrons. The van der Waals surface area contributed by atoms with Gasteiger partial charge in [0.1, 0.15) is 5.65 Å². The van der Waals surface area contributed by atoms with Crippen molar-refractivity contribution in [1.29, 1.82) is 0 Å². The SMILES string of the molecule is CCn1cc2c(Cl)c(-c3c[nH]c4nc(N5[C@@H]6CC[C@H]5C[C@@](C)(N)C6)n(C)c(=O)c34)ccc2n1. The van der Waals surface area contributed by atoms with E-state index in [1.807, 2.05) is 43.2 Å². The van der Waals surface area contributed by atoms with Crippen molar-refractivity contribution in [3.63, 3.8) is 0 Å². The number of aromatic amines is 1. The molecule has 0 unspecified atom stereocenters. The first kappa shape index (κ1) is 20.7. The number of nitrogens with zero attached hydrogens (tertiary/aromatic N) is 5. The van der Waals surface area contributed by atoms with Crippen molar-refractivity contribution in [2.75, 3.05) is 4.90 Å². The topological polar surface area (TPSA) is 97.8 Å². The van der Waals surface area contributed by atoms with Crippen LogP contribution in [0.15, 0.2) is 29.3 Å². The largest absolute Gasteiger partial charge is 0.345 e. The number of benzene rings is 1. The molecule has 0 aliphatic carbocycles. The van der Waals surface area contributed by atoms with Crippen LogP contribution in [0.3, 0.4) is 0 Å². The Balaban J connectivity index is 1.49. The normalized spacial score (nSPS) is 24.9. The molecular weight excluding hydrogens is 438 g/mol. The summed E-state index contributed by atoms with van der Waals surface area (Å²) >= 11 is 6.81. The van der Waals surface area contributed by atoms with E-state index in [9.17, 15) is 4.79 Å². The molecule has 3 N–H and O–H groups in total. The molecule has 3 atom stereocenters. The van der Waals surface area contributed by atoms with E-state index in [2.05, 4.69) is 21.9 Å². The van der Waals surface area contributed by atoms with E-state index < -0.39 is 0 Å². The fraction of sp³-hybridized carbons (Fsp3) is 0.458. The Morgan fingerprint density at radius 3 is 2.67 bits per heavy atom. The highest BCUT2D eigenvalue weighted by Gasteiger charge is 2.46. The Hall–Kier alpha value is -2.84. The molecule has 1 aromatic carbocycles. The van der Waals surface area contributed by atoms with Gasteiger partial charge in [-0.15, -0.1) is 0 Å². The first-order valence-corrected chi connectivity index (χ1v) is 12.0. The van der Waals surface area contributed by atoms with Gasteiger partial charge in [0.2, 0.25) is 5.95 Å². The van der Waals surface area contributed by atoms with Crippen LogP contribution in [-0.2, 0) is 13.6 Å². The second-order valence-corrected chi connectivity index (χ2v) is 10.3. The van der Waals surface area contributed by atoms with Crippen molar-refractivity contribution in [1.82, 2.24) is 24.3 Å². The molecule has 9 heteroatoms. The summed E-state index contributed by atoms with van der Waals surface area (Å²) in [6.07, 6.45) is 7.78. The molecule has 4 aromatic rings. The molecule has 2 fully saturated rings. The average molecular weight is 466 g/mol. The molecule has 6 rings (SSSR count). The van der Waals surface area contributed by atoms with Crippen molar-refractivity contribution in [3.05, 3.63) is 39.9 Å². The fourth-order valence-electron chi connectivity index (χ4n) is 5.92. The number of halogens is 1. The molecule has 3 aromatic heterocycles. The van der Waals surface area contributed by atoms with Crippen LogP contribution in [0.25, 0.3) is 33.1 Å². The molecule has 0 saturated carbocycles. The molecule has 0 spiro atoms. The van der Waals surface area contributed by atoms with Crippen LogP contribution in [-0.4, -0.2) is 41.9 Å². The van der Waals surface area contributed by atoms with Crippen molar-refractivity contribution >= 4 is 39.5 Å². The standard InChI is InChI=1S/C24H28ClN7O/c1-4-31-12-17-18(29-31)8-7-15(20(17)25)16-11-27-21-19(16)22(33)30(3)23(28-21)32-13-5-6-14(32)10-24(2,26)9-13/h7-8,11-14,27H,4-6,9-10,26H2,1-3H3/t13-,14+,24+. The zero-order valence-corrected chi connectivity index (χ0v) is 19.9. The summed E-state index contributed by atoms with van der Waals surface area (Å²) in [7, 11) is 1.81. The predicted octanol–water partition coefficient (Wildman–Crippen LogP) is 3.80. The summed E-state index contributed by atoms with van der Waals surface area (Å²) in [6.45, 7) is 4.94. The van der Waals surface area contributed by atoms with Crippen molar-refractivity contribution in [2.45, 2.75) is 63.7 Å². The van der Waals surface area contributed by atoms with Crippen LogP contribution >= 0.6 is 11.6 Å². The number of aromatic nitrogens is 5. The van der Waals surface area contributed by atoms with E-state index in [-0.39, 0.29) is 11.1 Å². The number of piperidine rings is 1. The summed E-state index contributed by atoms with van der Waals surface area (Å²) in [5.74, 6) is 0.717. The van der Waals surface area contributed by atoms with E-state index in [1.165, 1.54) is 0 Å².